The van der Waals surface area contributed by atoms with Gasteiger partial charge in [0.25, 0.3) is 5.56 Å². The van der Waals surface area contributed by atoms with Gasteiger partial charge in [-0.2, -0.15) is 0 Å². The van der Waals surface area contributed by atoms with Crippen LogP contribution in [0, 0.1) is 0 Å². The van der Waals surface area contributed by atoms with Crippen molar-refractivity contribution < 1.29 is 19.0 Å². The average Bonchev–Trinajstić information content (AvgIpc) is 3.26. The average molecular weight is 654 g/mol. The Bertz CT molecular complexity index is 1810. The highest BCUT2D eigenvalue weighted by molar-refractivity contribution is 9.10. The number of methoxy groups -OCH3 is 1. The molecule has 0 aliphatic carbocycles. The van der Waals surface area contributed by atoms with Crippen LogP contribution >= 0.6 is 38.9 Å². The molecule has 0 saturated heterocycles. The SMILES string of the molecule is CCOC(=O)C1=C(C)N=c2s/c(=C\c3ccc(OCc4ccc(Cl)cc4)c(OC)c3)c(=O)n2[C@H]1c1ccc(Br)cc1. The Morgan fingerprint density at radius 2 is 1.83 bits per heavy atom. The Morgan fingerprint density at radius 3 is 2.51 bits per heavy atom. The van der Waals surface area contributed by atoms with Crippen LogP contribution in [0.25, 0.3) is 6.08 Å². The second kappa shape index (κ2) is 12.5. The van der Waals surface area contributed by atoms with Gasteiger partial charge in [0.15, 0.2) is 16.3 Å². The molecule has 0 bridgehead atoms. The van der Waals surface area contributed by atoms with E-state index >= 15 is 0 Å². The summed E-state index contributed by atoms with van der Waals surface area (Å²) in [4.78, 5) is 32.0. The van der Waals surface area contributed by atoms with Crippen LogP contribution < -0.4 is 24.4 Å². The molecular weight excluding hydrogens is 628 g/mol. The highest BCUT2D eigenvalue weighted by Crippen LogP contribution is 2.32. The first-order chi connectivity index (χ1) is 19.8. The van der Waals surface area contributed by atoms with E-state index in [1.807, 2.05) is 66.7 Å². The van der Waals surface area contributed by atoms with E-state index in [1.54, 1.807) is 31.6 Å². The summed E-state index contributed by atoms with van der Waals surface area (Å²) < 4.78 is 19.8. The van der Waals surface area contributed by atoms with Crippen molar-refractivity contribution in [1.82, 2.24) is 4.57 Å². The van der Waals surface area contributed by atoms with Gasteiger partial charge in [-0.15, -0.1) is 0 Å². The fraction of sp³-hybridized carbons (Fsp3) is 0.194. The monoisotopic (exact) mass is 652 g/mol. The molecule has 4 aromatic rings. The second-order valence-corrected chi connectivity index (χ2v) is 11.5. The number of carbonyl (C=O) groups excluding carboxylic acids is 1. The van der Waals surface area contributed by atoms with E-state index in [1.165, 1.54) is 11.3 Å². The van der Waals surface area contributed by atoms with Gasteiger partial charge in [0.05, 0.1) is 35.6 Å². The molecule has 1 aliphatic rings. The van der Waals surface area contributed by atoms with E-state index in [2.05, 4.69) is 20.9 Å². The zero-order chi connectivity index (χ0) is 29.1. The van der Waals surface area contributed by atoms with Crippen LogP contribution in [0.15, 0.2) is 92.3 Å². The third-order valence-corrected chi connectivity index (χ3v) is 8.26. The van der Waals surface area contributed by atoms with Crippen molar-refractivity contribution in [2.24, 2.45) is 4.99 Å². The zero-order valence-electron chi connectivity index (χ0n) is 22.5. The first-order valence-corrected chi connectivity index (χ1v) is 14.8. The van der Waals surface area contributed by atoms with E-state index in [0.717, 1.165) is 21.2 Å². The van der Waals surface area contributed by atoms with Crippen LogP contribution in [0.5, 0.6) is 11.5 Å². The second-order valence-electron chi connectivity index (χ2n) is 9.18. The molecule has 0 unspecified atom stereocenters. The van der Waals surface area contributed by atoms with Crippen LogP contribution in [0.3, 0.4) is 0 Å². The van der Waals surface area contributed by atoms with Gasteiger partial charge in [0, 0.05) is 9.50 Å². The number of fused-ring (bicyclic) bond motifs is 1. The fourth-order valence-corrected chi connectivity index (χ4v) is 5.98. The van der Waals surface area contributed by atoms with Crippen LogP contribution in [0.2, 0.25) is 5.02 Å². The van der Waals surface area contributed by atoms with Gasteiger partial charge in [-0.25, -0.2) is 9.79 Å². The smallest absolute Gasteiger partial charge is 0.338 e. The molecule has 5 rings (SSSR count). The Morgan fingerprint density at radius 1 is 1.10 bits per heavy atom. The largest absolute Gasteiger partial charge is 0.493 e. The lowest BCUT2D eigenvalue weighted by Crippen LogP contribution is -2.39. The lowest BCUT2D eigenvalue weighted by atomic mass is 9.96. The fourth-order valence-electron chi connectivity index (χ4n) is 4.54. The summed E-state index contributed by atoms with van der Waals surface area (Å²) in [5.41, 5.74) is 3.12. The van der Waals surface area contributed by atoms with Crippen LogP contribution in [0.1, 0.15) is 36.6 Å². The third kappa shape index (κ3) is 6.17. The van der Waals surface area contributed by atoms with E-state index in [4.69, 9.17) is 25.8 Å². The number of rotatable bonds is 8. The molecule has 10 heteroatoms. The van der Waals surface area contributed by atoms with Crippen molar-refractivity contribution in [3.05, 3.63) is 124 Å². The highest BCUT2D eigenvalue weighted by atomic mass is 79.9. The van der Waals surface area contributed by atoms with Gasteiger partial charge < -0.3 is 14.2 Å². The summed E-state index contributed by atoms with van der Waals surface area (Å²) in [7, 11) is 1.57. The molecular formula is C31H26BrClN2O5S. The highest BCUT2D eigenvalue weighted by Gasteiger charge is 2.33. The van der Waals surface area contributed by atoms with E-state index in [-0.39, 0.29) is 12.2 Å². The predicted molar refractivity (Wildman–Crippen MR) is 163 cm³/mol. The summed E-state index contributed by atoms with van der Waals surface area (Å²) in [5.74, 6) is 0.620. The first kappa shape index (κ1) is 28.9. The van der Waals surface area contributed by atoms with E-state index in [9.17, 15) is 9.59 Å². The van der Waals surface area contributed by atoms with Crippen LogP contribution in [-0.2, 0) is 16.1 Å². The van der Waals surface area contributed by atoms with Crippen LogP contribution in [-0.4, -0.2) is 24.3 Å². The Kier molecular flexibility index (Phi) is 8.77. The molecule has 1 aliphatic heterocycles. The summed E-state index contributed by atoms with van der Waals surface area (Å²) in [5, 5.41) is 0.663. The minimum atomic E-state index is -0.668. The number of thiazole rings is 1. The number of hydrogen-bond acceptors (Lipinski definition) is 7. The van der Waals surface area contributed by atoms with Gasteiger partial charge in [0.2, 0.25) is 0 Å². The normalized spacial score (nSPS) is 14.9. The Labute approximate surface area is 254 Å². The molecule has 0 fully saturated rings. The molecule has 7 nitrogen and oxygen atoms in total. The molecule has 0 amide bonds. The van der Waals surface area contributed by atoms with Gasteiger partial charge in [0.1, 0.15) is 6.61 Å². The third-order valence-electron chi connectivity index (χ3n) is 6.50. The van der Waals surface area contributed by atoms with Crippen molar-refractivity contribution in [2.75, 3.05) is 13.7 Å². The van der Waals surface area contributed by atoms with Gasteiger partial charge >= 0.3 is 5.97 Å². The molecule has 210 valence electrons. The summed E-state index contributed by atoms with van der Waals surface area (Å²) in [6.45, 7) is 4.08. The molecule has 3 aromatic carbocycles. The van der Waals surface area contributed by atoms with Gasteiger partial charge in [-0.05, 0) is 73.0 Å². The van der Waals surface area contributed by atoms with Crippen molar-refractivity contribution in [2.45, 2.75) is 26.5 Å². The van der Waals surface area contributed by atoms with Crippen molar-refractivity contribution in [3.8, 4) is 11.5 Å². The number of aromatic nitrogens is 1. The minimum Gasteiger partial charge on any atom is -0.493 e. The summed E-state index contributed by atoms with van der Waals surface area (Å²) in [6, 6.07) is 19.8. The van der Waals surface area contributed by atoms with Crippen LogP contribution in [0.4, 0.5) is 0 Å². The molecule has 41 heavy (non-hydrogen) atoms. The number of carbonyl (C=O) groups is 1. The maximum absolute atomic E-state index is 13.8. The first-order valence-electron chi connectivity index (χ1n) is 12.8. The molecule has 0 spiro atoms. The standard InChI is InChI=1S/C31H26BrClN2O5S/c1-4-39-30(37)27-18(2)34-31-35(28(27)21-8-10-22(32)11-9-21)29(36)26(41-31)16-20-7-14-24(25(15-20)38-3)40-17-19-5-12-23(33)13-6-19/h5-16,28H,4,17H2,1-3H3/b26-16-/t28-/m0/s1. The predicted octanol–water partition coefficient (Wildman–Crippen LogP) is 5.80. The quantitative estimate of drug-likeness (QED) is 0.225. The molecule has 0 saturated carbocycles. The van der Waals surface area contributed by atoms with Crippen molar-refractivity contribution in [3.63, 3.8) is 0 Å². The summed E-state index contributed by atoms with van der Waals surface area (Å²) in [6.07, 6.45) is 1.79. The number of allylic oxidation sites excluding steroid dienone is 1. The zero-order valence-corrected chi connectivity index (χ0v) is 25.7. The number of halogens is 2. The lowest BCUT2D eigenvalue weighted by Gasteiger charge is -2.24. The number of ether oxygens (including phenoxy) is 3. The number of esters is 1. The van der Waals surface area contributed by atoms with Crippen molar-refractivity contribution >= 4 is 50.9 Å². The van der Waals surface area contributed by atoms with Gasteiger partial charge in [-0.1, -0.05) is 69.2 Å². The van der Waals surface area contributed by atoms with Gasteiger partial charge in [-0.3, -0.25) is 9.36 Å². The molecule has 1 aromatic heterocycles. The van der Waals surface area contributed by atoms with Crippen molar-refractivity contribution in [1.29, 1.82) is 0 Å². The topological polar surface area (TPSA) is 79.1 Å². The van der Waals surface area contributed by atoms with E-state index in [0.29, 0.717) is 43.7 Å². The maximum atomic E-state index is 13.8. The number of nitrogens with zero attached hydrogens (tertiary/aromatic N) is 2. The number of hydrogen-bond donors (Lipinski definition) is 0. The Balaban J connectivity index is 1.53. The molecule has 2 heterocycles. The maximum Gasteiger partial charge on any atom is 0.338 e. The summed E-state index contributed by atoms with van der Waals surface area (Å²) >= 11 is 10.7. The lowest BCUT2D eigenvalue weighted by molar-refractivity contribution is -0.139. The molecule has 0 radical (unpaired) electrons. The molecule has 1 atom stereocenters. The Hall–Kier alpha value is -3.66. The number of benzene rings is 3. The van der Waals surface area contributed by atoms with E-state index < -0.39 is 12.0 Å². The minimum absolute atomic E-state index is 0.217. The molecule has 0 N–H and O–H groups in total.